The molecule has 12 rings (SSSR count). The highest BCUT2D eigenvalue weighted by molar-refractivity contribution is 6.28. The van der Waals surface area contributed by atoms with Gasteiger partial charge in [0.05, 0.1) is 11.0 Å². The largest absolute Gasteiger partial charge is 0.456 e. The molecule has 0 aliphatic heterocycles. The van der Waals surface area contributed by atoms with Crippen LogP contribution >= 0.6 is 0 Å². The zero-order valence-corrected chi connectivity index (χ0v) is 30.4. The normalized spacial score (nSPS) is 11.9. The van der Waals surface area contributed by atoms with Gasteiger partial charge in [0.2, 0.25) is 5.95 Å². The summed E-state index contributed by atoms with van der Waals surface area (Å²) >= 11 is 0. The van der Waals surface area contributed by atoms with Crippen molar-refractivity contribution in [3.63, 3.8) is 0 Å². The minimum atomic E-state index is 0.521. The lowest BCUT2D eigenvalue weighted by molar-refractivity contribution is 0.669. The molecule has 4 aromatic heterocycles. The second-order valence-corrected chi connectivity index (χ2v) is 14.3. The molecule has 57 heavy (non-hydrogen) atoms. The molecule has 0 amide bonds. The van der Waals surface area contributed by atoms with E-state index in [4.69, 9.17) is 23.8 Å². The molecule has 266 valence electrons. The number of nitrogens with zero attached hydrogens (tertiary/aromatic N) is 4. The van der Waals surface area contributed by atoms with Crippen LogP contribution in [0.15, 0.2) is 191 Å². The smallest absolute Gasteiger partial charge is 0.238 e. The Morgan fingerprint density at radius 1 is 0.351 bits per heavy atom. The van der Waals surface area contributed by atoms with Gasteiger partial charge >= 0.3 is 0 Å². The molecule has 8 aromatic carbocycles. The first-order valence-corrected chi connectivity index (χ1v) is 19.0. The molecule has 6 nitrogen and oxygen atoms in total. The maximum Gasteiger partial charge on any atom is 0.238 e. The number of furan rings is 2. The Balaban J connectivity index is 1.15. The second kappa shape index (κ2) is 12.3. The molecule has 0 saturated carbocycles. The van der Waals surface area contributed by atoms with Crippen molar-refractivity contribution in [2.45, 2.75) is 0 Å². The third-order valence-corrected chi connectivity index (χ3v) is 11.1. The molecule has 6 heteroatoms. The fourth-order valence-electron chi connectivity index (χ4n) is 8.55. The van der Waals surface area contributed by atoms with Gasteiger partial charge in [-0.2, -0.15) is 9.97 Å². The van der Waals surface area contributed by atoms with Crippen LogP contribution < -0.4 is 0 Å². The summed E-state index contributed by atoms with van der Waals surface area (Å²) in [5.74, 6) is 1.65. The third-order valence-electron chi connectivity index (χ3n) is 11.1. The van der Waals surface area contributed by atoms with E-state index in [9.17, 15) is 0 Å². The topological polar surface area (TPSA) is 69.9 Å². The molecule has 0 bridgehead atoms. The molecular weight excluding hydrogens is 701 g/mol. The van der Waals surface area contributed by atoms with Gasteiger partial charge in [-0.05, 0) is 53.1 Å². The third kappa shape index (κ3) is 4.87. The molecular formula is C51H30N4O2. The van der Waals surface area contributed by atoms with Gasteiger partial charge in [0.15, 0.2) is 11.6 Å². The van der Waals surface area contributed by atoms with Crippen molar-refractivity contribution in [1.29, 1.82) is 0 Å². The maximum absolute atomic E-state index is 6.71. The molecule has 4 heterocycles. The summed E-state index contributed by atoms with van der Waals surface area (Å²) in [4.78, 5) is 15.7. The van der Waals surface area contributed by atoms with Crippen LogP contribution in [0.4, 0.5) is 0 Å². The standard InChI is InChI=1S/C51H30N4O2/c1-4-15-31(16-5-1)35-23-14-24-38-47-43(57-48(35)38)28-27-41-46(47)36-21-10-12-25-40(36)55(41)51-53-49(33-19-8-3-9-20-33)52-50(54-51)34-29-39(32-17-6-2-7-18-32)45-37-22-11-13-26-42(37)56-44(45)30-34/h1-30H. The van der Waals surface area contributed by atoms with Gasteiger partial charge in [0.1, 0.15) is 22.3 Å². The van der Waals surface area contributed by atoms with Crippen molar-refractivity contribution in [2.24, 2.45) is 0 Å². The predicted molar refractivity (Wildman–Crippen MR) is 230 cm³/mol. The van der Waals surface area contributed by atoms with Gasteiger partial charge in [-0.1, -0.05) is 146 Å². The van der Waals surface area contributed by atoms with E-state index in [0.717, 1.165) is 99.1 Å². The average Bonchev–Trinajstić information content (AvgIpc) is 3.96. The number of fused-ring (bicyclic) bond motifs is 10. The molecule has 0 aliphatic rings. The summed E-state index contributed by atoms with van der Waals surface area (Å²) in [5.41, 5.74) is 11.3. The van der Waals surface area contributed by atoms with Gasteiger partial charge in [-0.25, -0.2) is 4.98 Å². The fraction of sp³-hybridized carbons (Fsp3) is 0. The monoisotopic (exact) mass is 730 g/mol. The summed E-state index contributed by atoms with van der Waals surface area (Å²) in [6.07, 6.45) is 0. The lowest BCUT2D eigenvalue weighted by Crippen LogP contribution is -2.06. The van der Waals surface area contributed by atoms with Crippen LogP contribution in [-0.4, -0.2) is 19.5 Å². The highest BCUT2D eigenvalue weighted by atomic mass is 16.3. The minimum Gasteiger partial charge on any atom is -0.456 e. The van der Waals surface area contributed by atoms with Gasteiger partial charge in [-0.15, -0.1) is 0 Å². The highest BCUT2D eigenvalue weighted by Gasteiger charge is 2.23. The quantitative estimate of drug-likeness (QED) is 0.176. The minimum absolute atomic E-state index is 0.521. The Kier molecular flexibility index (Phi) is 6.83. The Hall–Kier alpha value is -7.83. The van der Waals surface area contributed by atoms with Crippen LogP contribution in [-0.2, 0) is 0 Å². The van der Waals surface area contributed by atoms with Gasteiger partial charge < -0.3 is 8.83 Å². The molecule has 0 atom stereocenters. The van der Waals surface area contributed by atoms with Crippen LogP contribution in [0.25, 0.3) is 117 Å². The van der Waals surface area contributed by atoms with E-state index in [1.807, 2.05) is 54.6 Å². The van der Waals surface area contributed by atoms with Crippen molar-refractivity contribution in [3.8, 4) is 51.0 Å². The Morgan fingerprint density at radius 2 is 0.982 bits per heavy atom. The van der Waals surface area contributed by atoms with Crippen molar-refractivity contribution >= 4 is 65.7 Å². The van der Waals surface area contributed by atoms with Crippen LogP contribution in [0, 0.1) is 0 Å². The van der Waals surface area contributed by atoms with E-state index < -0.39 is 0 Å². The van der Waals surface area contributed by atoms with E-state index in [2.05, 4.69) is 132 Å². The molecule has 12 aromatic rings. The van der Waals surface area contributed by atoms with Crippen molar-refractivity contribution < 1.29 is 8.83 Å². The van der Waals surface area contributed by atoms with Crippen molar-refractivity contribution in [1.82, 2.24) is 19.5 Å². The maximum atomic E-state index is 6.71. The lowest BCUT2D eigenvalue weighted by Gasteiger charge is -2.12. The van der Waals surface area contributed by atoms with Crippen molar-refractivity contribution in [2.75, 3.05) is 0 Å². The summed E-state index contributed by atoms with van der Waals surface area (Å²) in [5, 5.41) is 6.43. The Bertz CT molecular complexity index is 3510. The SMILES string of the molecule is c1ccc(-c2nc(-c3cc(-c4ccccc4)c4c(c3)oc3ccccc34)nc(-n3c4ccccc4c4c5c(ccc43)oc3c(-c4ccccc4)cccc35)n2)cc1. The highest BCUT2D eigenvalue weighted by Crippen LogP contribution is 2.44. The van der Waals surface area contributed by atoms with Gasteiger partial charge in [0, 0.05) is 49.0 Å². The summed E-state index contributed by atoms with van der Waals surface area (Å²) in [6, 6.07) is 62.5. The number of benzene rings is 8. The van der Waals surface area contributed by atoms with E-state index in [0.29, 0.717) is 17.6 Å². The van der Waals surface area contributed by atoms with E-state index in [1.165, 1.54) is 0 Å². The molecule has 0 N–H and O–H groups in total. The second-order valence-electron chi connectivity index (χ2n) is 14.3. The van der Waals surface area contributed by atoms with E-state index in [-0.39, 0.29) is 0 Å². The average molecular weight is 731 g/mol. The number of para-hydroxylation sites is 3. The van der Waals surface area contributed by atoms with Crippen LogP contribution in [0.2, 0.25) is 0 Å². The molecule has 0 fully saturated rings. The van der Waals surface area contributed by atoms with Gasteiger partial charge in [-0.3, -0.25) is 4.57 Å². The zero-order chi connectivity index (χ0) is 37.5. The van der Waals surface area contributed by atoms with E-state index in [1.54, 1.807) is 0 Å². The van der Waals surface area contributed by atoms with Crippen LogP contribution in [0.3, 0.4) is 0 Å². The molecule has 0 saturated heterocycles. The first-order chi connectivity index (χ1) is 28.3. The number of rotatable bonds is 5. The zero-order valence-electron chi connectivity index (χ0n) is 30.4. The number of hydrogen-bond donors (Lipinski definition) is 0. The predicted octanol–water partition coefficient (Wildman–Crippen LogP) is 13.4. The first-order valence-electron chi connectivity index (χ1n) is 19.0. The number of hydrogen-bond acceptors (Lipinski definition) is 5. The van der Waals surface area contributed by atoms with E-state index >= 15 is 0 Å². The van der Waals surface area contributed by atoms with Crippen molar-refractivity contribution in [3.05, 3.63) is 182 Å². The first kappa shape index (κ1) is 31.5. The molecule has 0 aliphatic carbocycles. The fourth-order valence-corrected chi connectivity index (χ4v) is 8.55. The molecule has 0 radical (unpaired) electrons. The Labute approximate surface area is 325 Å². The lowest BCUT2D eigenvalue weighted by atomic mass is 9.97. The summed E-state index contributed by atoms with van der Waals surface area (Å²) in [7, 11) is 0. The molecule has 0 spiro atoms. The van der Waals surface area contributed by atoms with Gasteiger partial charge in [0.25, 0.3) is 0 Å². The number of aromatic nitrogens is 4. The van der Waals surface area contributed by atoms with Crippen LogP contribution in [0.5, 0.6) is 0 Å². The van der Waals surface area contributed by atoms with Crippen LogP contribution in [0.1, 0.15) is 0 Å². The summed E-state index contributed by atoms with van der Waals surface area (Å²) < 4.78 is 15.4. The summed E-state index contributed by atoms with van der Waals surface area (Å²) in [6.45, 7) is 0. The molecule has 0 unspecified atom stereocenters. The Morgan fingerprint density at radius 3 is 1.75 bits per heavy atom.